The van der Waals surface area contributed by atoms with Crippen LogP contribution in [0.25, 0.3) is 0 Å². The SMILES string of the molecule is CCCCCCCCOc1ccc(C2OC3(C)OC(=N)C(C#N)(C3c3ccc(OC)cc3)C2(C#N)C#N)cc1. The van der Waals surface area contributed by atoms with Gasteiger partial charge >= 0.3 is 0 Å². The van der Waals surface area contributed by atoms with E-state index < -0.39 is 34.5 Å². The summed E-state index contributed by atoms with van der Waals surface area (Å²) in [4.78, 5) is 0. The fraction of sp³-hybridized carbons (Fsp3) is 0.484. The molecule has 4 rings (SSSR count). The van der Waals surface area contributed by atoms with Gasteiger partial charge in [0.1, 0.15) is 17.6 Å². The number of rotatable bonds is 11. The molecule has 202 valence electrons. The summed E-state index contributed by atoms with van der Waals surface area (Å²) in [7, 11) is 1.55. The van der Waals surface area contributed by atoms with Gasteiger partial charge in [-0.05, 0) is 41.8 Å². The Morgan fingerprint density at radius 2 is 1.44 bits per heavy atom. The largest absolute Gasteiger partial charge is 0.497 e. The summed E-state index contributed by atoms with van der Waals surface area (Å²) >= 11 is 0. The molecule has 0 amide bonds. The van der Waals surface area contributed by atoms with Gasteiger partial charge in [-0.2, -0.15) is 15.8 Å². The molecule has 2 heterocycles. The van der Waals surface area contributed by atoms with E-state index in [4.69, 9.17) is 24.4 Å². The Balaban J connectivity index is 1.64. The van der Waals surface area contributed by atoms with Gasteiger partial charge in [0.2, 0.25) is 17.1 Å². The van der Waals surface area contributed by atoms with Crippen molar-refractivity contribution in [1.82, 2.24) is 0 Å². The van der Waals surface area contributed by atoms with Crippen LogP contribution in [0.4, 0.5) is 0 Å². The van der Waals surface area contributed by atoms with Crippen LogP contribution in [0.2, 0.25) is 0 Å². The fourth-order valence-electron chi connectivity index (χ4n) is 5.89. The summed E-state index contributed by atoms with van der Waals surface area (Å²) in [5.41, 5.74) is -2.83. The smallest absolute Gasteiger partial charge is 0.218 e. The Labute approximate surface area is 230 Å². The minimum absolute atomic E-state index is 0.446. The van der Waals surface area contributed by atoms with Crippen molar-refractivity contribution >= 4 is 5.90 Å². The van der Waals surface area contributed by atoms with Gasteiger partial charge < -0.3 is 18.9 Å². The average Bonchev–Trinajstić information content (AvgIpc) is 3.15. The summed E-state index contributed by atoms with van der Waals surface area (Å²) in [6.45, 7) is 4.46. The predicted octanol–water partition coefficient (Wildman–Crippen LogP) is 6.56. The standard InChI is InChI=1S/C31H34N4O4/c1-4-5-6-7-8-9-18-37-25-16-12-23(13-17-25)27-30(19-32,20-33)31(21-34)26(29(2,38-27)39-28(31)35)22-10-14-24(36-3)15-11-22/h10-17,26-27,35H,4-9,18H2,1-3H3. The van der Waals surface area contributed by atoms with E-state index in [1.165, 1.54) is 25.7 Å². The van der Waals surface area contributed by atoms with Crippen molar-refractivity contribution in [3.63, 3.8) is 0 Å². The minimum atomic E-state index is -2.06. The maximum absolute atomic E-state index is 10.6. The fourth-order valence-corrected chi connectivity index (χ4v) is 5.89. The zero-order chi connectivity index (χ0) is 28.1. The van der Waals surface area contributed by atoms with Crippen LogP contribution in [0.1, 0.15) is 75.5 Å². The normalized spacial score (nSPS) is 26.5. The van der Waals surface area contributed by atoms with Crippen LogP contribution < -0.4 is 9.47 Å². The van der Waals surface area contributed by atoms with Crippen molar-refractivity contribution in [2.45, 2.75) is 70.2 Å². The number of nitrogens with zero attached hydrogens (tertiary/aromatic N) is 3. The van der Waals surface area contributed by atoms with Crippen molar-refractivity contribution in [3.8, 4) is 29.7 Å². The number of nitriles is 3. The van der Waals surface area contributed by atoms with Gasteiger partial charge in [-0.25, -0.2) is 0 Å². The van der Waals surface area contributed by atoms with E-state index in [-0.39, 0.29) is 0 Å². The molecule has 0 aromatic heterocycles. The van der Waals surface area contributed by atoms with Crippen molar-refractivity contribution in [1.29, 1.82) is 21.2 Å². The zero-order valence-electron chi connectivity index (χ0n) is 22.7. The van der Waals surface area contributed by atoms with Crippen molar-refractivity contribution in [3.05, 3.63) is 59.7 Å². The summed E-state index contributed by atoms with van der Waals surface area (Å²) in [6.07, 6.45) is 5.88. The third-order valence-corrected chi connectivity index (χ3v) is 7.92. The number of benzene rings is 2. The van der Waals surface area contributed by atoms with Crippen LogP contribution in [0.5, 0.6) is 11.5 Å². The van der Waals surface area contributed by atoms with Gasteiger partial charge in [0.05, 0.1) is 37.8 Å². The van der Waals surface area contributed by atoms with Crippen LogP contribution in [-0.2, 0) is 9.47 Å². The monoisotopic (exact) mass is 526 g/mol. The van der Waals surface area contributed by atoms with E-state index in [1.807, 2.05) is 0 Å². The van der Waals surface area contributed by atoms with Gasteiger partial charge in [-0.1, -0.05) is 63.3 Å². The first-order valence-electron chi connectivity index (χ1n) is 13.4. The lowest BCUT2D eigenvalue weighted by atomic mass is 9.52. The van der Waals surface area contributed by atoms with E-state index in [0.717, 1.165) is 12.8 Å². The highest BCUT2D eigenvalue weighted by Gasteiger charge is 2.79. The lowest BCUT2D eigenvalue weighted by Crippen LogP contribution is -2.57. The molecule has 2 aliphatic heterocycles. The number of methoxy groups -OCH3 is 1. The maximum atomic E-state index is 10.6. The minimum Gasteiger partial charge on any atom is -0.497 e. The molecule has 2 fully saturated rings. The van der Waals surface area contributed by atoms with Crippen LogP contribution in [-0.4, -0.2) is 25.4 Å². The van der Waals surface area contributed by atoms with Crippen LogP contribution in [0, 0.1) is 50.2 Å². The number of ether oxygens (including phenoxy) is 4. The highest BCUT2D eigenvalue weighted by atomic mass is 16.7. The Hall–Kier alpha value is -4.06. The Morgan fingerprint density at radius 3 is 2.03 bits per heavy atom. The Morgan fingerprint density at radius 1 is 0.846 bits per heavy atom. The summed E-state index contributed by atoms with van der Waals surface area (Å²) in [5, 5.41) is 40.4. The molecule has 8 heteroatoms. The number of unbranched alkanes of at least 4 members (excludes halogenated alkanes) is 5. The van der Waals surface area contributed by atoms with E-state index in [0.29, 0.717) is 29.2 Å². The Kier molecular flexibility index (Phi) is 8.14. The molecular weight excluding hydrogens is 492 g/mol. The van der Waals surface area contributed by atoms with Crippen LogP contribution >= 0.6 is 0 Å². The van der Waals surface area contributed by atoms with Crippen molar-refractivity contribution < 1.29 is 18.9 Å². The average molecular weight is 527 g/mol. The van der Waals surface area contributed by atoms with Crippen molar-refractivity contribution in [2.75, 3.05) is 13.7 Å². The molecule has 2 bridgehead atoms. The van der Waals surface area contributed by atoms with E-state index in [1.54, 1.807) is 62.6 Å². The number of fused-ring (bicyclic) bond motifs is 2. The molecule has 0 saturated carbocycles. The molecule has 39 heavy (non-hydrogen) atoms. The van der Waals surface area contributed by atoms with Crippen molar-refractivity contribution in [2.24, 2.45) is 10.8 Å². The highest BCUT2D eigenvalue weighted by molar-refractivity contribution is 5.90. The summed E-state index contributed by atoms with van der Waals surface area (Å²) in [5.74, 6) is -1.52. The van der Waals surface area contributed by atoms with E-state index >= 15 is 0 Å². The van der Waals surface area contributed by atoms with Crippen LogP contribution in [0.15, 0.2) is 48.5 Å². The van der Waals surface area contributed by atoms with E-state index in [9.17, 15) is 15.8 Å². The first kappa shape index (κ1) is 28.0. The summed E-state index contributed by atoms with van der Waals surface area (Å²) < 4.78 is 23.5. The Bertz CT molecular complexity index is 1290. The molecule has 2 aliphatic rings. The second-order valence-electron chi connectivity index (χ2n) is 10.3. The molecule has 0 radical (unpaired) electrons. The first-order valence-corrected chi connectivity index (χ1v) is 13.4. The number of hydrogen-bond donors (Lipinski definition) is 1. The molecule has 2 aromatic rings. The molecule has 2 aromatic carbocycles. The number of hydrogen-bond acceptors (Lipinski definition) is 8. The molecule has 4 atom stereocenters. The molecule has 1 N–H and O–H groups in total. The highest BCUT2D eigenvalue weighted by Crippen LogP contribution is 2.69. The second kappa shape index (κ2) is 11.4. The predicted molar refractivity (Wildman–Crippen MR) is 144 cm³/mol. The molecule has 8 nitrogen and oxygen atoms in total. The topological polar surface area (TPSA) is 132 Å². The molecular formula is C31H34N4O4. The van der Waals surface area contributed by atoms with Gasteiger partial charge in [-0.3, -0.25) is 5.41 Å². The third kappa shape index (κ3) is 4.58. The first-order chi connectivity index (χ1) is 18.9. The molecule has 0 aliphatic carbocycles. The van der Waals surface area contributed by atoms with Gasteiger partial charge in [0.15, 0.2) is 5.41 Å². The quantitative estimate of drug-likeness (QED) is 0.328. The maximum Gasteiger partial charge on any atom is 0.218 e. The van der Waals surface area contributed by atoms with Gasteiger partial charge in [0.25, 0.3) is 0 Å². The molecule has 0 spiro atoms. The summed E-state index contributed by atoms with van der Waals surface area (Å²) in [6, 6.07) is 20.4. The number of nitrogens with one attached hydrogen (secondary N) is 1. The van der Waals surface area contributed by atoms with Gasteiger partial charge in [0, 0.05) is 6.92 Å². The van der Waals surface area contributed by atoms with Gasteiger partial charge in [-0.15, -0.1) is 0 Å². The third-order valence-electron chi connectivity index (χ3n) is 7.92. The molecule has 2 saturated heterocycles. The second-order valence-corrected chi connectivity index (χ2v) is 10.3. The van der Waals surface area contributed by atoms with E-state index in [2.05, 4.69) is 25.1 Å². The lowest BCUT2D eigenvalue weighted by molar-refractivity contribution is -0.253. The molecule has 4 unspecified atom stereocenters. The lowest BCUT2D eigenvalue weighted by Gasteiger charge is -2.48. The van der Waals surface area contributed by atoms with Crippen LogP contribution in [0.3, 0.4) is 0 Å². The zero-order valence-corrected chi connectivity index (χ0v) is 22.7.